The predicted molar refractivity (Wildman–Crippen MR) is 77.3 cm³/mol. The largest absolute Gasteiger partial charge is 0.323 e. The third kappa shape index (κ3) is 2.57. The van der Waals surface area contributed by atoms with E-state index in [0.29, 0.717) is 15.4 Å². The molecule has 2 heterocycles. The van der Waals surface area contributed by atoms with Gasteiger partial charge in [0.25, 0.3) is 5.56 Å². The Kier molecular flexibility index (Phi) is 3.39. The Morgan fingerprint density at radius 2 is 2.11 bits per heavy atom. The first kappa shape index (κ1) is 12.4. The van der Waals surface area contributed by atoms with Crippen molar-refractivity contribution in [2.75, 3.05) is 0 Å². The fourth-order valence-electron chi connectivity index (χ4n) is 1.62. The molecular weight excluding hydrogens is 328 g/mol. The van der Waals surface area contributed by atoms with E-state index >= 15 is 0 Å². The van der Waals surface area contributed by atoms with E-state index in [1.54, 1.807) is 6.20 Å². The van der Waals surface area contributed by atoms with Crippen molar-refractivity contribution in [1.82, 2.24) is 19.6 Å². The quantitative estimate of drug-likeness (QED) is 0.746. The number of thioether (sulfide) groups is 1. The molecule has 0 radical (unpaired) electrons. The fraction of sp³-hybridized carbons (Fsp3) is 0.0833. The minimum Gasteiger partial charge on any atom is -0.323 e. The molecule has 2 aromatic heterocycles. The van der Waals surface area contributed by atoms with Crippen LogP contribution in [0.4, 0.5) is 0 Å². The Hall–Kier alpha value is -1.60. The molecule has 0 bridgehead atoms. The van der Waals surface area contributed by atoms with Gasteiger partial charge < -0.3 is 4.98 Å². The molecule has 0 spiro atoms. The molecule has 3 rings (SSSR count). The summed E-state index contributed by atoms with van der Waals surface area (Å²) in [7, 11) is 0. The Balaban J connectivity index is 1.88. The van der Waals surface area contributed by atoms with Gasteiger partial charge in [0, 0.05) is 11.9 Å². The van der Waals surface area contributed by atoms with E-state index in [2.05, 4.69) is 31.0 Å². The van der Waals surface area contributed by atoms with Crippen molar-refractivity contribution in [2.24, 2.45) is 0 Å². The average Bonchev–Trinajstić information content (AvgIpc) is 2.87. The van der Waals surface area contributed by atoms with Gasteiger partial charge in [-0.1, -0.05) is 42.1 Å². The maximum Gasteiger partial charge on any atom is 0.293 e. The molecule has 96 valence electrons. The smallest absolute Gasteiger partial charge is 0.293 e. The first-order valence-corrected chi connectivity index (χ1v) is 7.32. The van der Waals surface area contributed by atoms with Crippen LogP contribution in [-0.2, 0) is 5.75 Å². The summed E-state index contributed by atoms with van der Waals surface area (Å²) in [5.74, 6) is 0.771. The lowest BCUT2D eigenvalue weighted by molar-refractivity contribution is 0.857. The van der Waals surface area contributed by atoms with Gasteiger partial charge in [0.1, 0.15) is 4.60 Å². The van der Waals surface area contributed by atoms with Crippen LogP contribution in [0.25, 0.3) is 5.65 Å². The third-order valence-electron chi connectivity index (χ3n) is 2.53. The van der Waals surface area contributed by atoms with E-state index in [4.69, 9.17) is 0 Å². The molecule has 0 saturated heterocycles. The van der Waals surface area contributed by atoms with Crippen LogP contribution in [0.3, 0.4) is 0 Å². The first-order valence-electron chi connectivity index (χ1n) is 5.55. The number of hydrogen-bond acceptors (Lipinski definition) is 4. The van der Waals surface area contributed by atoms with Crippen LogP contribution in [0.2, 0.25) is 0 Å². The normalized spacial score (nSPS) is 11.0. The first-order chi connectivity index (χ1) is 9.24. The lowest BCUT2D eigenvalue weighted by Gasteiger charge is -1.96. The Morgan fingerprint density at radius 1 is 1.32 bits per heavy atom. The number of nitrogens with one attached hydrogen (secondary N) is 1. The summed E-state index contributed by atoms with van der Waals surface area (Å²) >= 11 is 4.82. The Labute approximate surface area is 121 Å². The topological polar surface area (TPSA) is 63.0 Å². The van der Waals surface area contributed by atoms with Crippen LogP contribution in [0.1, 0.15) is 5.56 Å². The summed E-state index contributed by atoms with van der Waals surface area (Å²) in [5.41, 5.74) is 1.24. The van der Waals surface area contributed by atoms with Crippen molar-refractivity contribution < 1.29 is 0 Å². The van der Waals surface area contributed by atoms with E-state index < -0.39 is 0 Å². The molecule has 1 N–H and O–H groups in total. The molecule has 0 fully saturated rings. The molecule has 1 aromatic carbocycles. The van der Waals surface area contributed by atoms with Gasteiger partial charge >= 0.3 is 0 Å². The van der Waals surface area contributed by atoms with Crippen molar-refractivity contribution in [3.05, 3.63) is 57.0 Å². The van der Waals surface area contributed by atoms with Crippen molar-refractivity contribution in [2.45, 2.75) is 10.9 Å². The summed E-state index contributed by atoms with van der Waals surface area (Å²) in [6.45, 7) is 0. The number of aromatic amines is 1. The third-order valence-corrected chi connectivity index (χ3v) is 4.00. The molecule has 0 atom stereocenters. The van der Waals surface area contributed by atoms with Crippen LogP contribution in [0.15, 0.2) is 51.1 Å². The maximum absolute atomic E-state index is 11.6. The highest BCUT2D eigenvalue weighted by Gasteiger charge is 2.09. The molecule has 5 nitrogen and oxygen atoms in total. The van der Waals surface area contributed by atoms with Crippen molar-refractivity contribution in [3.8, 4) is 0 Å². The molecule has 0 aliphatic heterocycles. The van der Waals surface area contributed by atoms with Gasteiger partial charge in [0.15, 0.2) is 0 Å². The average molecular weight is 337 g/mol. The number of halogens is 1. The second-order valence-electron chi connectivity index (χ2n) is 3.84. The summed E-state index contributed by atoms with van der Waals surface area (Å²) < 4.78 is 2.16. The van der Waals surface area contributed by atoms with Gasteiger partial charge in [-0.15, -0.1) is 5.10 Å². The second kappa shape index (κ2) is 5.18. The number of aromatic nitrogens is 4. The van der Waals surface area contributed by atoms with Gasteiger partial charge in [-0.2, -0.15) is 9.50 Å². The molecule has 0 saturated carbocycles. The van der Waals surface area contributed by atoms with Gasteiger partial charge in [0.05, 0.1) is 0 Å². The van der Waals surface area contributed by atoms with Crippen molar-refractivity contribution in [3.63, 3.8) is 0 Å². The van der Waals surface area contributed by atoms with Crippen molar-refractivity contribution in [1.29, 1.82) is 0 Å². The van der Waals surface area contributed by atoms with E-state index in [9.17, 15) is 4.79 Å². The molecule has 7 heteroatoms. The highest BCUT2D eigenvalue weighted by atomic mass is 79.9. The number of nitrogens with zero attached hydrogens (tertiary/aromatic N) is 3. The highest BCUT2D eigenvalue weighted by Crippen LogP contribution is 2.20. The summed E-state index contributed by atoms with van der Waals surface area (Å²) in [4.78, 5) is 18.4. The van der Waals surface area contributed by atoms with Crippen LogP contribution in [0.5, 0.6) is 0 Å². The van der Waals surface area contributed by atoms with Gasteiger partial charge in [-0.25, -0.2) is 0 Å². The van der Waals surface area contributed by atoms with Gasteiger partial charge in [0.2, 0.25) is 10.8 Å². The molecule has 0 aliphatic carbocycles. The number of rotatable bonds is 3. The monoisotopic (exact) mass is 336 g/mol. The molecule has 19 heavy (non-hydrogen) atoms. The zero-order valence-corrected chi connectivity index (χ0v) is 12.1. The highest BCUT2D eigenvalue weighted by molar-refractivity contribution is 9.10. The minimum atomic E-state index is -0.248. The molecule has 3 aromatic rings. The van der Waals surface area contributed by atoms with E-state index in [-0.39, 0.29) is 5.56 Å². The lowest BCUT2D eigenvalue weighted by atomic mass is 10.2. The summed E-state index contributed by atoms with van der Waals surface area (Å²) in [5, 5.41) is 4.87. The zero-order valence-electron chi connectivity index (χ0n) is 9.71. The SMILES string of the molecule is O=c1[nH]cc(Br)n2nc(SCc3ccccc3)nc12. The molecular formula is C12H9BrN4OS. The number of hydrogen-bond donors (Lipinski definition) is 1. The van der Waals surface area contributed by atoms with E-state index in [1.165, 1.54) is 21.8 Å². The van der Waals surface area contributed by atoms with Gasteiger partial charge in [-0.05, 0) is 21.5 Å². The minimum absolute atomic E-state index is 0.248. The number of benzene rings is 1. The Morgan fingerprint density at radius 3 is 2.84 bits per heavy atom. The molecule has 0 aliphatic rings. The van der Waals surface area contributed by atoms with Crippen LogP contribution in [-0.4, -0.2) is 19.6 Å². The lowest BCUT2D eigenvalue weighted by Crippen LogP contribution is -2.10. The molecule has 0 amide bonds. The second-order valence-corrected chi connectivity index (χ2v) is 5.60. The molecule has 0 unspecified atom stereocenters. The zero-order chi connectivity index (χ0) is 13.2. The van der Waals surface area contributed by atoms with Gasteiger partial charge in [-0.3, -0.25) is 4.79 Å². The summed E-state index contributed by atoms with van der Waals surface area (Å²) in [6.07, 6.45) is 1.55. The maximum atomic E-state index is 11.6. The fourth-order valence-corrected chi connectivity index (χ4v) is 2.76. The van der Waals surface area contributed by atoms with E-state index in [0.717, 1.165) is 5.75 Å². The van der Waals surface area contributed by atoms with Crippen molar-refractivity contribution >= 4 is 33.3 Å². The predicted octanol–water partition coefficient (Wildman–Crippen LogP) is 2.47. The van der Waals surface area contributed by atoms with Crippen LogP contribution in [0, 0.1) is 0 Å². The van der Waals surface area contributed by atoms with Crippen LogP contribution >= 0.6 is 27.7 Å². The van der Waals surface area contributed by atoms with E-state index in [1.807, 2.05) is 30.3 Å². The standard InChI is InChI=1S/C12H9BrN4OS/c13-9-6-14-11(18)10-15-12(16-17(9)10)19-7-8-4-2-1-3-5-8/h1-6H,7H2,(H,14,18). The summed E-state index contributed by atoms with van der Waals surface area (Å²) in [6, 6.07) is 10.1. The number of H-pyrrole nitrogens is 1. The Bertz CT molecular complexity index is 768. The number of fused-ring (bicyclic) bond motifs is 1. The van der Waals surface area contributed by atoms with Crippen LogP contribution < -0.4 is 5.56 Å².